The molecule has 1 aliphatic rings. The first-order chi connectivity index (χ1) is 13.5. The molecule has 1 heterocycles. The van der Waals surface area contributed by atoms with Crippen molar-refractivity contribution < 1.29 is 24.0 Å². The summed E-state index contributed by atoms with van der Waals surface area (Å²) in [5, 5.41) is 5.37. The standard InChI is InChI=1S/C21H23N3O4/c1-22-20(26)15-8-5-9-17(10-15)23-19(25)13-24-12-16-7-4-3-6-14(16)11-18(24)21(27)28-2/h3-10,18H,11-13H2,1-2H3,(H,22,26)(H,23,25)/p+1/t18-/m0/s1. The number of nitrogens with one attached hydrogen (secondary N) is 3. The molecule has 3 N–H and O–H groups in total. The zero-order valence-electron chi connectivity index (χ0n) is 16.0. The number of anilines is 1. The first-order valence-electron chi connectivity index (χ1n) is 9.13. The Morgan fingerprint density at radius 2 is 1.86 bits per heavy atom. The van der Waals surface area contributed by atoms with Crippen molar-refractivity contribution in [3.63, 3.8) is 0 Å². The molecule has 2 amide bonds. The molecule has 1 aliphatic heterocycles. The van der Waals surface area contributed by atoms with Gasteiger partial charge in [-0.15, -0.1) is 0 Å². The van der Waals surface area contributed by atoms with Gasteiger partial charge in [-0.3, -0.25) is 9.59 Å². The molecule has 0 radical (unpaired) electrons. The smallest absolute Gasteiger partial charge is 0.365 e. The number of fused-ring (bicyclic) bond motifs is 1. The van der Waals surface area contributed by atoms with Crippen molar-refractivity contribution in [2.75, 3.05) is 26.0 Å². The number of amides is 2. The second-order valence-corrected chi connectivity index (χ2v) is 6.77. The van der Waals surface area contributed by atoms with Crippen LogP contribution in [0, 0.1) is 0 Å². The lowest BCUT2D eigenvalue weighted by Crippen LogP contribution is -3.17. The quantitative estimate of drug-likeness (QED) is 0.643. The summed E-state index contributed by atoms with van der Waals surface area (Å²) in [6.07, 6.45) is 0.539. The van der Waals surface area contributed by atoms with Crippen LogP contribution < -0.4 is 15.5 Å². The van der Waals surface area contributed by atoms with Crippen LogP contribution in [-0.4, -0.2) is 44.5 Å². The van der Waals surface area contributed by atoms with Gasteiger partial charge in [-0.25, -0.2) is 4.79 Å². The number of carbonyl (C=O) groups is 3. The van der Waals surface area contributed by atoms with Crippen LogP contribution in [-0.2, 0) is 27.3 Å². The monoisotopic (exact) mass is 382 g/mol. The van der Waals surface area contributed by atoms with Gasteiger partial charge in [0.25, 0.3) is 11.8 Å². The van der Waals surface area contributed by atoms with Crippen molar-refractivity contribution in [1.82, 2.24) is 5.32 Å². The maximum absolute atomic E-state index is 12.6. The third-order valence-corrected chi connectivity index (χ3v) is 4.96. The number of methoxy groups -OCH3 is 1. The fourth-order valence-electron chi connectivity index (χ4n) is 3.53. The Balaban J connectivity index is 1.73. The van der Waals surface area contributed by atoms with Crippen molar-refractivity contribution in [3.05, 3.63) is 65.2 Å². The largest absolute Gasteiger partial charge is 0.465 e. The average molecular weight is 382 g/mol. The number of esters is 1. The van der Waals surface area contributed by atoms with E-state index in [-0.39, 0.29) is 24.3 Å². The summed E-state index contributed by atoms with van der Waals surface area (Å²) in [7, 11) is 2.92. The summed E-state index contributed by atoms with van der Waals surface area (Å²) >= 11 is 0. The Labute approximate surface area is 163 Å². The molecule has 2 aromatic carbocycles. The van der Waals surface area contributed by atoms with E-state index < -0.39 is 6.04 Å². The number of hydrogen-bond donors (Lipinski definition) is 3. The van der Waals surface area contributed by atoms with Crippen LogP contribution in [0.1, 0.15) is 21.5 Å². The zero-order valence-corrected chi connectivity index (χ0v) is 16.0. The van der Waals surface area contributed by atoms with Gasteiger partial charge in [-0.05, 0) is 23.8 Å². The van der Waals surface area contributed by atoms with Gasteiger partial charge in [0.05, 0.1) is 7.11 Å². The lowest BCUT2D eigenvalue weighted by Gasteiger charge is -2.31. The van der Waals surface area contributed by atoms with Crippen LogP contribution in [0.5, 0.6) is 0 Å². The molecule has 7 heteroatoms. The topological polar surface area (TPSA) is 88.9 Å². The molecule has 3 rings (SSSR count). The van der Waals surface area contributed by atoms with Crippen molar-refractivity contribution >= 4 is 23.5 Å². The van der Waals surface area contributed by atoms with E-state index in [2.05, 4.69) is 10.6 Å². The Morgan fingerprint density at radius 1 is 1.11 bits per heavy atom. The lowest BCUT2D eigenvalue weighted by molar-refractivity contribution is -0.924. The van der Waals surface area contributed by atoms with Gasteiger partial charge in [0.2, 0.25) is 0 Å². The van der Waals surface area contributed by atoms with Crippen LogP contribution in [0.4, 0.5) is 5.69 Å². The number of hydrogen-bond acceptors (Lipinski definition) is 4. The van der Waals surface area contributed by atoms with E-state index in [1.165, 1.54) is 7.11 Å². The second-order valence-electron chi connectivity index (χ2n) is 6.77. The third kappa shape index (κ3) is 4.37. The Kier molecular flexibility index (Phi) is 6.06. The van der Waals surface area contributed by atoms with Crippen LogP contribution >= 0.6 is 0 Å². The fraction of sp³-hybridized carbons (Fsp3) is 0.286. The van der Waals surface area contributed by atoms with Crippen molar-refractivity contribution in [3.8, 4) is 0 Å². The van der Waals surface area contributed by atoms with Gasteiger partial charge in [-0.1, -0.05) is 30.3 Å². The molecular weight excluding hydrogens is 358 g/mol. The van der Waals surface area contributed by atoms with Crippen LogP contribution in [0.15, 0.2) is 48.5 Å². The molecule has 146 valence electrons. The number of quaternary nitrogens is 1. The highest BCUT2D eigenvalue weighted by Gasteiger charge is 2.37. The molecule has 2 aromatic rings. The normalized spacial score (nSPS) is 17.9. The van der Waals surface area contributed by atoms with Gasteiger partial charge in [0.15, 0.2) is 12.6 Å². The summed E-state index contributed by atoms with van der Waals surface area (Å²) in [4.78, 5) is 37.5. The minimum atomic E-state index is -0.428. The number of benzene rings is 2. The fourth-order valence-corrected chi connectivity index (χ4v) is 3.53. The molecule has 1 unspecified atom stereocenters. The molecule has 0 aliphatic carbocycles. The number of carbonyl (C=O) groups excluding carboxylic acids is 3. The Bertz CT molecular complexity index is 897. The molecule has 0 spiro atoms. The molecule has 0 bridgehead atoms. The van der Waals surface area contributed by atoms with E-state index in [0.29, 0.717) is 24.2 Å². The van der Waals surface area contributed by atoms with E-state index in [4.69, 9.17) is 4.74 Å². The van der Waals surface area contributed by atoms with Crippen molar-refractivity contribution in [2.45, 2.75) is 19.0 Å². The van der Waals surface area contributed by atoms with Crippen LogP contribution in [0.25, 0.3) is 0 Å². The summed E-state index contributed by atoms with van der Waals surface area (Å²) in [6, 6.07) is 14.2. The Hall–Kier alpha value is -3.19. The van der Waals surface area contributed by atoms with Crippen molar-refractivity contribution in [2.24, 2.45) is 0 Å². The van der Waals surface area contributed by atoms with Gasteiger partial charge in [0, 0.05) is 30.3 Å². The molecule has 28 heavy (non-hydrogen) atoms. The van der Waals surface area contributed by atoms with E-state index in [0.717, 1.165) is 16.0 Å². The SMILES string of the molecule is CNC(=O)c1cccc(NC(=O)C[NH+]2Cc3ccccc3C[C@H]2C(=O)OC)c1. The second kappa shape index (κ2) is 8.67. The summed E-state index contributed by atoms with van der Waals surface area (Å²) in [5.41, 5.74) is 3.25. The minimum absolute atomic E-state index is 0.123. The highest BCUT2D eigenvalue weighted by atomic mass is 16.5. The predicted molar refractivity (Wildman–Crippen MR) is 104 cm³/mol. The molecule has 0 saturated heterocycles. The first-order valence-corrected chi connectivity index (χ1v) is 9.13. The molecule has 0 aromatic heterocycles. The molecule has 0 saturated carbocycles. The van der Waals surface area contributed by atoms with E-state index >= 15 is 0 Å². The van der Waals surface area contributed by atoms with Gasteiger partial charge < -0.3 is 20.3 Å². The summed E-state index contributed by atoms with van der Waals surface area (Å²) in [5.74, 6) is -0.767. The van der Waals surface area contributed by atoms with E-state index in [1.807, 2.05) is 24.3 Å². The van der Waals surface area contributed by atoms with Gasteiger partial charge >= 0.3 is 5.97 Å². The van der Waals surface area contributed by atoms with Crippen LogP contribution in [0.2, 0.25) is 0 Å². The lowest BCUT2D eigenvalue weighted by atomic mass is 9.94. The average Bonchev–Trinajstić information content (AvgIpc) is 2.72. The van der Waals surface area contributed by atoms with Crippen molar-refractivity contribution in [1.29, 1.82) is 0 Å². The zero-order chi connectivity index (χ0) is 20.1. The number of rotatable bonds is 5. The minimum Gasteiger partial charge on any atom is -0.465 e. The molecule has 7 nitrogen and oxygen atoms in total. The van der Waals surface area contributed by atoms with Gasteiger partial charge in [0.1, 0.15) is 6.54 Å². The van der Waals surface area contributed by atoms with Gasteiger partial charge in [-0.2, -0.15) is 0 Å². The molecule has 2 atom stereocenters. The van der Waals surface area contributed by atoms with E-state index in [1.54, 1.807) is 31.3 Å². The maximum Gasteiger partial charge on any atom is 0.365 e. The molecule has 0 fully saturated rings. The summed E-state index contributed by atoms with van der Waals surface area (Å²) < 4.78 is 4.95. The summed E-state index contributed by atoms with van der Waals surface area (Å²) in [6.45, 7) is 0.694. The first kappa shape index (κ1) is 19.6. The Morgan fingerprint density at radius 3 is 2.57 bits per heavy atom. The predicted octanol–water partition coefficient (Wildman–Crippen LogP) is 0.168. The van der Waals surface area contributed by atoms with E-state index in [9.17, 15) is 14.4 Å². The highest BCUT2D eigenvalue weighted by molar-refractivity contribution is 5.97. The number of ether oxygens (including phenoxy) is 1. The third-order valence-electron chi connectivity index (χ3n) is 4.96. The maximum atomic E-state index is 12.6. The van der Waals surface area contributed by atoms with Crippen LogP contribution in [0.3, 0.4) is 0 Å². The highest BCUT2D eigenvalue weighted by Crippen LogP contribution is 2.14. The molecular formula is C21H24N3O4+.